The summed E-state index contributed by atoms with van der Waals surface area (Å²) in [5.41, 5.74) is 8.54. The van der Waals surface area contributed by atoms with Gasteiger partial charge in [0, 0.05) is 18.0 Å². The van der Waals surface area contributed by atoms with Gasteiger partial charge in [-0.1, -0.05) is 19.0 Å². The Balaban J connectivity index is 1.90. The fourth-order valence-corrected chi connectivity index (χ4v) is 2.21. The zero-order valence-corrected chi connectivity index (χ0v) is 12.0. The molecule has 3 aromatic rings. The van der Waals surface area contributed by atoms with E-state index in [9.17, 15) is 0 Å². The first kappa shape index (κ1) is 13.6. The maximum absolute atomic E-state index is 6.06. The first-order valence-corrected chi connectivity index (χ1v) is 6.94. The molecule has 2 N–H and O–H groups in total. The molecule has 6 nitrogen and oxygen atoms in total. The minimum absolute atomic E-state index is 0.230. The van der Waals surface area contributed by atoms with Crippen molar-refractivity contribution in [3.05, 3.63) is 36.5 Å². The van der Waals surface area contributed by atoms with Gasteiger partial charge in [-0.2, -0.15) is 4.98 Å². The van der Waals surface area contributed by atoms with Gasteiger partial charge in [0.05, 0.1) is 17.1 Å². The fourth-order valence-electron chi connectivity index (χ4n) is 2.21. The van der Waals surface area contributed by atoms with Crippen LogP contribution in [0.25, 0.3) is 22.4 Å². The Morgan fingerprint density at radius 2 is 1.90 bits per heavy atom. The quantitative estimate of drug-likeness (QED) is 0.791. The molecule has 2 aromatic heterocycles. The van der Waals surface area contributed by atoms with Crippen molar-refractivity contribution in [3.63, 3.8) is 0 Å². The largest absolute Gasteiger partial charge is 0.337 e. The Bertz CT molecular complexity index is 752. The van der Waals surface area contributed by atoms with Crippen molar-refractivity contribution in [2.24, 2.45) is 11.7 Å². The van der Waals surface area contributed by atoms with Gasteiger partial charge < -0.3 is 10.3 Å². The molecule has 2 heterocycles. The maximum atomic E-state index is 6.06. The molecule has 0 aliphatic carbocycles. The number of hydrogen-bond acceptors (Lipinski definition) is 6. The van der Waals surface area contributed by atoms with Crippen LogP contribution in [0.15, 0.2) is 35.1 Å². The summed E-state index contributed by atoms with van der Waals surface area (Å²) in [7, 11) is 0. The lowest BCUT2D eigenvalue weighted by atomic mass is 10.0. The number of nitrogens with zero attached hydrogens (tertiary/aromatic N) is 4. The molecule has 0 spiro atoms. The predicted molar refractivity (Wildman–Crippen MR) is 79.2 cm³/mol. The van der Waals surface area contributed by atoms with Crippen molar-refractivity contribution in [2.45, 2.75) is 26.3 Å². The highest BCUT2D eigenvalue weighted by atomic mass is 16.5. The van der Waals surface area contributed by atoms with Crippen LogP contribution in [0.1, 0.15) is 32.2 Å². The SMILES string of the molecule is CC(C)C[C@H](N)c1nc(-c2ccc3nccnc3c2)no1. The highest BCUT2D eigenvalue weighted by molar-refractivity contribution is 5.79. The molecule has 0 aliphatic heterocycles. The smallest absolute Gasteiger partial charge is 0.243 e. The van der Waals surface area contributed by atoms with Crippen LogP contribution in [0.5, 0.6) is 0 Å². The van der Waals surface area contributed by atoms with Gasteiger partial charge in [-0.05, 0) is 30.5 Å². The minimum atomic E-state index is -0.230. The minimum Gasteiger partial charge on any atom is -0.337 e. The van der Waals surface area contributed by atoms with Crippen LogP contribution in [0.3, 0.4) is 0 Å². The van der Waals surface area contributed by atoms with Crippen LogP contribution in [0.2, 0.25) is 0 Å². The lowest BCUT2D eigenvalue weighted by Crippen LogP contribution is -2.13. The van der Waals surface area contributed by atoms with E-state index >= 15 is 0 Å². The van der Waals surface area contributed by atoms with Crippen molar-refractivity contribution in [2.75, 3.05) is 0 Å². The fraction of sp³-hybridized carbons (Fsp3) is 0.333. The molecule has 6 heteroatoms. The molecule has 1 atom stereocenters. The lowest BCUT2D eigenvalue weighted by molar-refractivity contribution is 0.335. The van der Waals surface area contributed by atoms with E-state index in [2.05, 4.69) is 34.0 Å². The van der Waals surface area contributed by atoms with Crippen molar-refractivity contribution in [1.82, 2.24) is 20.1 Å². The molecular weight excluding hydrogens is 266 g/mol. The van der Waals surface area contributed by atoms with Crippen LogP contribution < -0.4 is 5.73 Å². The van der Waals surface area contributed by atoms with E-state index in [4.69, 9.17) is 10.3 Å². The standard InChI is InChI=1S/C15H17N5O/c1-9(2)7-11(16)15-19-14(20-21-15)10-3-4-12-13(8-10)18-6-5-17-12/h3-6,8-9,11H,7,16H2,1-2H3/t11-/m0/s1. The first-order valence-electron chi connectivity index (χ1n) is 6.94. The number of benzene rings is 1. The van der Waals surface area contributed by atoms with Crippen molar-refractivity contribution < 1.29 is 4.52 Å². The molecule has 1 aromatic carbocycles. The number of nitrogens with two attached hydrogens (primary N) is 1. The molecule has 21 heavy (non-hydrogen) atoms. The van der Waals surface area contributed by atoms with E-state index in [0.717, 1.165) is 23.0 Å². The van der Waals surface area contributed by atoms with Gasteiger partial charge in [-0.25, -0.2) is 0 Å². The zero-order valence-electron chi connectivity index (χ0n) is 12.0. The average Bonchev–Trinajstić information content (AvgIpc) is 2.96. The van der Waals surface area contributed by atoms with E-state index in [1.807, 2.05) is 18.2 Å². The first-order chi connectivity index (χ1) is 10.1. The average molecular weight is 283 g/mol. The van der Waals surface area contributed by atoms with Crippen LogP contribution in [-0.2, 0) is 0 Å². The molecule has 0 unspecified atom stereocenters. The van der Waals surface area contributed by atoms with Crippen molar-refractivity contribution in [1.29, 1.82) is 0 Å². The summed E-state index contributed by atoms with van der Waals surface area (Å²) in [6, 6.07) is 5.46. The zero-order chi connectivity index (χ0) is 14.8. The Labute approximate surface area is 122 Å². The summed E-state index contributed by atoms with van der Waals surface area (Å²) in [4.78, 5) is 12.9. The number of hydrogen-bond donors (Lipinski definition) is 1. The summed E-state index contributed by atoms with van der Waals surface area (Å²) in [6.07, 6.45) is 4.14. The third-order valence-electron chi connectivity index (χ3n) is 3.21. The molecule has 0 aliphatic rings. The normalized spacial score (nSPS) is 13.0. The molecule has 0 bridgehead atoms. The molecule has 0 fully saturated rings. The number of fused-ring (bicyclic) bond motifs is 1. The third-order valence-corrected chi connectivity index (χ3v) is 3.21. The van der Waals surface area contributed by atoms with Gasteiger partial charge in [-0.3, -0.25) is 9.97 Å². The lowest BCUT2D eigenvalue weighted by Gasteiger charge is -2.08. The Morgan fingerprint density at radius 3 is 2.67 bits per heavy atom. The van der Waals surface area contributed by atoms with Crippen LogP contribution >= 0.6 is 0 Å². The van der Waals surface area contributed by atoms with Crippen LogP contribution in [0, 0.1) is 5.92 Å². The summed E-state index contributed by atoms with van der Waals surface area (Å²) in [5.74, 6) is 1.47. The second-order valence-corrected chi connectivity index (χ2v) is 5.45. The second kappa shape index (κ2) is 5.57. The van der Waals surface area contributed by atoms with Crippen LogP contribution in [-0.4, -0.2) is 20.1 Å². The third kappa shape index (κ3) is 2.90. The van der Waals surface area contributed by atoms with Gasteiger partial charge in [-0.15, -0.1) is 0 Å². The Hall–Kier alpha value is -2.34. The molecule has 3 rings (SSSR count). The monoisotopic (exact) mass is 283 g/mol. The second-order valence-electron chi connectivity index (χ2n) is 5.45. The predicted octanol–water partition coefficient (Wildman–Crippen LogP) is 2.73. The van der Waals surface area contributed by atoms with Gasteiger partial charge in [0.15, 0.2) is 0 Å². The molecule has 0 saturated heterocycles. The van der Waals surface area contributed by atoms with Gasteiger partial charge in [0.2, 0.25) is 11.7 Å². The maximum Gasteiger partial charge on any atom is 0.243 e. The highest BCUT2D eigenvalue weighted by Gasteiger charge is 2.17. The van der Waals surface area contributed by atoms with E-state index < -0.39 is 0 Å². The number of rotatable bonds is 4. The summed E-state index contributed by atoms with van der Waals surface area (Å²) in [6.45, 7) is 4.22. The van der Waals surface area contributed by atoms with E-state index in [1.165, 1.54) is 0 Å². The molecule has 0 radical (unpaired) electrons. The Morgan fingerprint density at radius 1 is 1.14 bits per heavy atom. The molecule has 0 amide bonds. The number of aromatic nitrogens is 4. The van der Waals surface area contributed by atoms with Gasteiger partial charge >= 0.3 is 0 Å². The summed E-state index contributed by atoms with van der Waals surface area (Å²) < 4.78 is 5.27. The van der Waals surface area contributed by atoms with Crippen molar-refractivity contribution in [3.8, 4) is 11.4 Å². The molecular formula is C15H17N5O. The summed E-state index contributed by atoms with van der Waals surface area (Å²) in [5, 5.41) is 4.01. The summed E-state index contributed by atoms with van der Waals surface area (Å²) >= 11 is 0. The van der Waals surface area contributed by atoms with Gasteiger partial charge in [0.1, 0.15) is 0 Å². The molecule has 108 valence electrons. The van der Waals surface area contributed by atoms with E-state index in [1.54, 1.807) is 12.4 Å². The van der Waals surface area contributed by atoms with Crippen LogP contribution in [0.4, 0.5) is 0 Å². The highest BCUT2D eigenvalue weighted by Crippen LogP contribution is 2.23. The Kier molecular flexibility index (Phi) is 3.62. The van der Waals surface area contributed by atoms with E-state index in [0.29, 0.717) is 17.6 Å². The molecule has 0 saturated carbocycles. The van der Waals surface area contributed by atoms with Crippen molar-refractivity contribution >= 4 is 11.0 Å². The topological polar surface area (TPSA) is 90.7 Å². The van der Waals surface area contributed by atoms with Gasteiger partial charge in [0.25, 0.3) is 0 Å². The van der Waals surface area contributed by atoms with E-state index in [-0.39, 0.29) is 6.04 Å².